The second-order valence-electron chi connectivity index (χ2n) is 6.47. The average molecular weight is 453 g/mol. The van der Waals surface area contributed by atoms with Crippen molar-refractivity contribution in [2.24, 2.45) is 5.92 Å². The van der Waals surface area contributed by atoms with Gasteiger partial charge in [0.25, 0.3) is 15.9 Å². The summed E-state index contributed by atoms with van der Waals surface area (Å²) in [5, 5.41) is 0.0461. The van der Waals surface area contributed by atoms with Crippen LogP contribution >= 0.6 is 27.5 Å². The van der Waals surface area contributed by atoms with Gasteiger partial charge < -0.3 is 4.74 Å². The van der Waals surface area contributed by atoms with Crippen LogP contribution in [0.3, 0.4) is 0 Å². The Labute approximate surface area is 162 Å². The van der Waals surface area contributed by atoms with Crippen molar-refractivity contribution in [1.29, 1.82) is 0 Å². The Morgan fingerprint density at radius 2 is 2.16 bits per heavy atom. The molecule has 8 heteroatoms. The van der Waals surface area contributed by atoms with Crippen molar-refractivity contribution >= 4 is 43.5 Å². The minimum atomic E-state index is -4.05. The standard InChI is InChI=1S/C17H23BrClNO4S/c1-3-15(24-13-6-4-5-11(2)9-13)17(21)20-25(22,23)16-8-7-12(18)10-14(16)19/h7-8,10-11,13,15H,3-6,9H2,1-2H3,(H,20,21). The first kappa shape index (κ1) is 20.7. The van der Waals surface area contributed by atoms with Gasteiger partial charge in [-0.25, -0.2) is 13.1 Å². The molecule has 1 fully saturated rings. The van der Waals surface area contributed by atoms with Gasteiger partial charge in [0.15, 0.2) is 0 Å². The molecule has 0 bridgehead atoms. The molecule has 140 valence electrons. The monoisotopic (exact) mass is 451 g/mol. The number of halogens is 2. The molecule has 0 aromatic heterocycles. The fraction of sp³-hybridized carbons (Fsp3) is 0.588. The predicted octanol–water partition coefficient (Wildman–Crippen LogP) is 4.28. The number of nitrogens with one attached hydrogen (secondary N) is 1. The van der Waals surface area contributed by atoms with Crippen LogP contribution in [0.15, 0.2) is 27.6 Å². The Balaban J connectivity index is 2.07. The number of hydrogen-bond acceptors (Lipinski definition) is 4. The minimum absolute atomic E-state index is 0.00146. The molecule has 25 heavy (non-hydrogen) atoms. The molecule has 1 aromatic carbocycles. The van der Waals surface area contributed by atoms with E-state index in [0.717, 1.165) is 19.3 Å². The summed E-state index contributed by atoms with van der Waals surface area (Å²) in [5.74, 6) is -0.0932. The van der Waals surface area contributed by atoms with Gasteiger partial charge in [-0.1, -0.05) is 54.2 Å². The smallest absolute Gasteiger partial charge is 0.265 e. The number of carbonyl (C=O) groups is 1. The van der Waals surface area contributed by atoms with E-state index >= 15 is 0 Å². The second kappa shape index (κ2) is 8.84. The number of hydrogen-bond donors (Lipinski definition) is 1. The number of benzene rings is 1. The van der Waals surface area contributed by atoms with Gasteiger partial charge in [0, 0.05) is 4.47 Å². The highest BCUT2D eigenvalue weighted by Gasteiger charge is 2.29. The molecule has 0 aliphatic heterocycles. The fourth-order valence-corrected chi connectivity index (χ4v) is 5.07. The zero-order chi connectivity index (χ0) is 18.6. The van der Waals surface area contributed by atoms with Crippen molar-refractivity contribution in [2.45, 2.75) is 63.1 Å². The Morgan fingerprint density at radius 1 is 1.44 bits per heavy atom. The molecular weight excluding hydrogens is 430 g/mol. The van der Waals surface area contributed by atoms with Crippen LogP contribution in [-0.2, 0) is 19.6 Å². The first-order chi connectivity index (χ1) is 11.7. The van der Waals surface area contributed by atoms with Crippen LogP contribution in [0.5, 0.6) is 0 Å². The average Bonchev–Trinajstić information content (AvgIpc) is 2.51. The van der Waals surface area contributed by atoms with Crippen LogP contribution in [-0.4, -0.2) is 26.5 Å². The van der Waals surface area contributed by atoms with E-state index in [4.69, 9.17) is 16.3 Å². The van der Waals surface area contributed by atoms with Gasteiger partial charge >= 0.3 is 0 Å². The van der Waals surface area contributed by atoms with Crippen molar-refractivity contribution in [3.8, 4) is 0 Å². The summed E-state index contributed by atoms with van der Waals surface area (Å²) in [6.07, 6.45) is 3.64. The lowest BCUT2D eigenvalue weighted by Gasteiger charge is -2.29. The maximum Gasteiger partial charge on any atom is 0.265 e. The van der Waals surface area contributed by atoms with E-state index in [-0.39, 0.29) is 16.0 Å². The topological polar surface area (TPSA) is 72.5 Å². The Morgan fingerprint density at radius 3 is 2.76 bits per heavy atom. The van der Waals surface area contributed by atoms with Crippen LogP contribution in [0.4, 0.5) is 0 Å². The molecule has 1 saturated carbocycles. The number of amides is 1. The van der Waals surface area contributed by atoms with Gasteiger partial charge in [0.1, 0.15) is 11.0 Å². The lowest BCUT2D eigenvalue weighted by molar-refractivity contribution is -0.137. The highest BCUT2D eigenvalue weighted by Crippen LogP contribution is 2.28. The zero-order valence-electron chi connectivity index (χ0n) is 14.3. The fourth-order valence-electron chi connectivity index (χ4n) is 3.02. The molecule has 1 aromatic rings. The molecule has 3 atom stereocenters. The lowest BCUT2D eigenvalue weighted by Crippen LogP contribution is -2.42. The summed E-state index contributed by atoms with van der Waals surface area (Å²) in [4.78, 5) is 12.3. The zero-order valence-corrected chi connectivity index (χ0v) is 17.5. The SMILES string of the molecule is CCC(OC1CCCC(C)C1)C(=O)NS(=O)(=O)c1ccc(Br)cc1Cl. The first-order valence-corrected chi connectivity index (χ1v) is 11.1. The maximum atomic E-state index is 12.5. The van der Waals surface area contributed by atoms with Gasteiger partial charge in [-0.2, -0.15) is 0 Å². The molecule has 0 saturated heterocycles. The Kier molecular flexibility index (Phi) is 7.31. The van der Waals surface area contributed by atoms with E-state index in [1.807, 2.05) is 0 Å². The summed E-state index contributed by atoms with van der Waals surface area (Å²) in [7, 11) is -4.05. The molecular formula is C17H23BrClNO4S. The van der Waals surface area contributed by atoms with Crippen LogP contribution in [0, 0.1) is 5.92 Å². The molecule has 5 nitrogen and oxygen atoms in total. The van der Waals surface area contributed by atoms with Crippen LogP contribution < -0.4 is 4.72 Å². The van der Waals surface area contributed by atoms with Crippen molar-refractivity contribution in [1.82, 2.24) is 4.72 Å². The lowest BCUT2D eigenvalue weighted by atomic mass is 9.88. The molecule has 0 heterocycles. The van der Waals surface area contributed by atoms with Crippen molar-refractivity contribution in [2.75, 3.05) is 0 Å². The second-order valence-corrected chi connectivity index (χ2v) is 9.44. The van der Waals surface area contributed by atoms with Gasteiger partial charge in [-0.15, -0.1) is 0 Å². The summed E-state index contributed by atoms with van der Waals surface area (Å²) in [6, 6.07) is 4.38. The van der Waals surface area contributed by atoms with Crippen LogP contribution in [0.25, 0.3) is 0 Å². The summed E-state index contributed by atoms with van der Waals surface area (Å²) >= 11 is 9.21. The van der Waals surface area contributed by atoms with Crippen molar-refractivity contribution in [3.63, 3.8) is 0 Å². The third-order valence-electron chi connectivity index (χ3n) is 4.33. The summed E-state index contributed by atoms with van der Waals surface area (Å²) < 4.78 is 33.5. The first-order valence-electron chi connectivity index (χ1n) is 8.40. The van der Waals surface area contributed by atoms with Gasteiger partial charge in [-0.3, -0.25) is 4.79 Å². The highest BCUT2D eigenvalue weighted by molar-refractivity contribution is 9.10. The van der Waals surface area contributed by atoms with Gasteiger partial charge in [-0.05, 0) is 43.4 Å². The normalized spacial score (nSPS) is 22.4. The number of ether oxygens (including phenoxy) is 1. The van der Waals surface area contributed by atoms with Crippen LogP contribution in [0.1, 0.15) is 46.0 Å². The molecule has 1 aliphatic carbocycles. The number of rotatable bonds is 6. The minimum Gasteiger partial charge on any atom is -0.365 e. The molecule has 1 aliphatic rings. The molecule has 3 unspecified atom stereocenters. The quantitative estimate of drug-likeness (QED) is 0.699. The Bertz CT molecular complexity index is 725. The molecule has 0 radical (unpaired) electrons. The summed E-state index contributed by atoms with van der Waals surface area (Å²) in [6.45, 7) is 3.96. The van der Waals surface area contributed by atoms with Crippen molar-refractivity contribution < 1.29 is 17.9 Å². The number of sulfonamides is 1. The number of carbonyl (C=O) groups excluding carboxylic acids is 1. The van der Waals surface area contributed by atoms with Crippen molar-refractivity contribution in [3.05, 3.63) is 27.7 Å². The van der Waals surface area contributed by atoms with Crippen LogP contribution in [0.2, 0.25) is 5.02 Å². The molecule has 1 N–H and O–H groups in total. The van der Waals surface area contributed by atoms with E-state index in [0.29, 0.717) is 16.8 Å². The van der Waals surface area contributed by atoms with E-state index in [2.05, 4.69) is 27.6 Å². The van der Waals surface area contributed by atoms with Gasteiger partial charge in [0.2, 0.25) is 0 Å². The largest absolute Gasteiger partial charge is 0.365 e. The van der Waals surface area contributed by atoms with E-state index in [1.165, 1.54) is 18.6 Å². The molecule has 2 rings (SSSR count). The molecule has 0 spiro atoms. The van der Waals surface area contributed by atoms with E-state index < -0.39 is 22.0 Å². The predicted molar refractivity (Wildman–Crippen MR) is 101 cm³/mol. The van der Waals surface area contributed by atoms with E-state index in [9.17, 15) is 13.2 Å². The third-order valence-corrected chi connectivity index (χ3v) is 6.65. The highest BCUT2D eigenvalue weighted by atomic mass is 79.9. The summed E-state index contributed by atoms with van der Waals surface area (Å²) in [5.41, 5.74) is 0. The van der Waals surface area contributed by atoms with Gasteiger partial charge in [0.05, 0.1) is 11.1 Å². The third kappa shape index (κ3) is 5.67. The maximum absolute atomic E-state index is 12.5. The van der Waals surface area contributed by atoms with E-state index in [1.54, 1.807) is 13.0 Å². The Hall–Kier alpha value is -0.630. The molecule has 1 amide bonds.